The Kier molecular flexibility index (Phi) is 5.36. The van der Waals surface area contributed by atoms with Gasteiger partial charge >= 0.3 is 5.76 Å². The molecule has 3 heterocycles. The van der Waals surface area contributed by atoms with Gasteiger partial charge in [-0.2, -0.15) is 4.31 Å². The zero-order valence-electron chi connectivity index (χ0n) is 18.0. The molecule has 1 spiro atoms. The number of benzene rings is 1. The van der Waals surface area contributed by atoms with Crippen molar-refractivity contribution in [1.29, 1.82) is 0 Å². The molecule has 170 valence electrons. The first-order valence-corrected chi connectivity index (χ1v) is 12.9. The highest BCUT2D eigenvalue weighted by Crippen LogP contribution is 2.46. The zero-order valence-corrected chi connectivity index (χ0v) is 18.8. The van der Waals surface area contributed by atoms with Gasteiger partial charge in [0.15, 0.2) is 5.58 Å². The molecule has 0 bridgehead atoms. The Morgan fingerprint density at radius 3 is 2.65 bits per heavy atom. The van der Waals surface area contributed by atoms with Crippen molar-refractivity contribution < 1.29 is 12.8 Å². The molecule has 1 aromatic heterocycles. The van der Waals surface area contributed by atoms with E-state index in [1.807, 2.05) is 18.2 Å². The molecule has 3 aliphatic rings. The fraction of sp³-hybridized carbons (Fsp3) is 0.667. The lowest BCUT2D eigenvalue weighted by Gasteiger charge is -2.45. The fourth-order valence-corrected chi connectivity index (χ4v) is 6.19. The van der Waals surface area contributed by atoms with Crippen LogP contribution in [-0.4, -0.2) is 80.3 Å². The predicted molar refractivity (Wildman–Crippen MR) is 120 cm³/mol. The Morgan fingerprint density at radius 2 is 1.97 bits per heavy atom. The molecule has 2 N–H and O–H groups in total. The minimum absolute atomic E-state index is 0.346. The average Bonchev–Trinajstić information content (AvgIpc) is 3.30. The maximum absolute atomic E-state index is 12.4. The quantitative estimate of drug-likeness (QED) is 0.671. The summed E-state index contributed by atoms with van der Waals surface area (Å²) >= 11 is 0. The number of rotatable bonds is 6. The molecule has 0 radical (unpaired) electrons. The Hall–Kier alpha value is -1.88. The van der Waals surface area contributed by atoms with Gasteiger partial charge in [0.25, 0.3) is 0 Å². The molecule has 0 unspecified atom stereocenters. The molecule has 0 atom stereocenters. The number of oxazole rings is 1. The monoisotopic (exact) mass is 449 g/mol. The predicted octanol–water partition coefficient (Wildman–Crippen LogP) is 0.726. The molecular formula is C21H31N5O4S. The molecule has 2 saturated heterocycles. The van der Waals surface area contributed by atoms with Gasteiger partial charge in [-0.3, -0.25) is 9.47 Å². The molecule has 9 nitrogen and oxygen atoms in total. The lowest BCUT2D eigenvalue weighted by atomic mass is 9.65. The van der Waals surface area contributed by atoms with Gasteiger partial charge in [-0.1, -0.05) is 0 Å². The summed E-state index contributed by atoms with van der Waals surface area (Å²) in [6, 6.07) is 6.39. The van der Waals surface area contributed by atoms with Gasteiger partial charge in [0.2, 0.25) is 10.0 Å². The van der Waals surface area contributed by atoms with E-state index in [0.717, 1.165) is 24.3 Å². The summed E-state index contributed by atoms with van der Waals surface area (Å²) < 4.78 is 32.0. The molecule has 1 aromatic carbocycles. The Bertz CT molecular complexity index is 1100. The van der Waals surface area contributed by atoms with E-state index in [1.165, 1.54) is 29.8 Å². The van der Waals surface area contributed by atoms with Gasteiger partial charge in [-0.15, -0.1) is 0 Å². The van der Waals surface area contributed by atoms with Crippen molar-refractivity contribution in [2.45, 2.75) is 31.8 Å². The van der Waals surface area contributed by atoms with Crippen molar-refractivity contribution in [2.24, 2.45) is 5.41 Å². The number of sulfonamides is 1. The maximum atomic E-state index is 12.4. The largest absolute Gasteiger partial charge is 0.419 e. The van der Waals surface area contributed by atoms with Crippen LogP contribution < -0.4 is 16.4 Å². The van der Waals surface area contributed by atoms with Gasteiger partial charge in [-0.05, 0) is 43.4 Å². The second-order valence-electron chi connectivity index (χ2n) is 9.38. The van der Waals surface area contributed by atoms with Gasteiger partial charge in [0.05, 0.1) is 11.8 Å². The second-order valence-corrected chi connectivity index (χ2v) is 11.4. The van der Waals surface area contributed by atoms with Crippen molar-refractivity contribution in [1.82, 2.24) is 19.1 Å². The molecule has 3 fully saturated rings. The number of piperazine rings is 1. The van der Waals surface area contributed by atoms with Crippen LogP contribution in [0.3, 0.4) is 0 Å². The summed E-state index contributed by atoms with van der Waals surface area (Å²) in [7, 11) is -3.13. The van der Waals surface area contributed by atoms with Crippen molar-refractivity contribution in [3.8, 4) is 0 Å². The second kappa shape index (κ2) is 7.91. The van der Waals surface area contributed by atoms with Crippen molar-refractivity contribution in [3.63, 3.8) is 0 Å². The Balaban J connectivity index is 1.19. The highest BCUT2D eigenvalue weighted by Gasteiger charge is 2.45. The molecule has 2 aromatic rings. The number of anilines is 1. The van der Waals surface area contributed by atoms with E-state index in [9.17, 15) is 13.2 Å². The number of aromatic nitrogens is 1. The van der Waals surface area contributed by atoms with Crippen LogP contribution in [0.1, 0.15) is 19.3 Å². The zero-order chi connectivity index (χ0) is 21.6. The van der Waals surface area contributed by atoms with E-state index in [2.05, 4.69) is 15.5 Å². The van der Waals surface area contributed by atoms with Gasteiger partial charge in [0.1, 0.15) is 0 Å². The van der Waals surface area contributed by atoms with E-state index >= 15 is 0 Å². The molecule has 1 saturated carbocycles. The maximum Gasteiger partial charge on any atom is 0.419 e. The first-order chi connectivity index (χ1) is 14.8. The number of nitrogens with zero attached hydrogens (tertiary/aromatic N) is 3. The molecule has 2 aliphatic heterocycles. The van der Waals surface area contributed by atoms with Gasteiger partial charge in [-0.25, -0.2) is 13.2 Å². The molecular weight excluding hydrogens is 418 g/mol. The van der Waals surface area contributed by atoms with Gasteiger partial charge < -0.3 is 15.1 Å². The minimum atomic E-state index is -3.13. The lowest BCUT2D eigenvalue weighted by molar-refractivity contribution is 0.142. The first-order valence-electron chi connectivity index (χ1n) is 11.1. The fourth-order valence-electron chi connectivity index (χ4n) is 5.36. The highest BCUT2D eigenvalue weighted by atomic mass is 32.2. The molecule has 1 aliphatic carbocycles. The van der Waals surface area contributed by atoms with E-state index in [0.29, 0.717) is 56.3 Å². The third-order valence-corrected chi connectivity index (χ3v) is 8.47. The first kappa shape index (κ1) is 21.0. The third-order valence-electron chi connectivity index (χ3n) is 7.17. The van der Waals surface area contributed by atoms with Gasteiger partial charge in [0, 0.05) is 63.6 Å². The topological polar surface area (TPSA) is 99.8 Å². The van der Waals surface area contributed by atoms with E-state index in [4.69, 9.17) is 4.42 Å². The van der Waals surface area contributed by atoms with Crippen LogP contribution in [0.4, 0.5) is 5.69 Å². The van der Waals surface area contributed by atoms with E-state index in [-0.39, 0.29) is 5.76 Å². The van der Waals surface area contributed by atoms with E-state index in [1.54, 1.807) is 4.57 Å². The number of hydrogen-bond acceptors (Lipinski definition) is 7. The summed E-state index contributed by atoms with van der Waals surface area (Å²) in [5.41, 5.74) is 2.89. The Labute approximate surface area is 182 Å². The summed E-state index contributed by atoms with van der Waals surface area (Å²) in [5, 5.41) is 7.05. The summed E-state index contributed by atoms with van der Waals surface area (Å²) in [4.78, 5) is 14.6. The number of nitrogens with one attached hydrogen (secondary N) is 2. The molecule has 10 heteroatoms. The standard InChI is InChI=1S/C21H31N5O4S/c1-31(28,29)25-9-6-24(7-10-25)8-11-26-18-3-2-16(12-19(18)30-20(26)27)23-17-13-21(14-17)4-5-22-15-21/h2-3,12,17,22-23H,4-11,13-15H2,1H3. The van der Waals surface area contributed by atoms with Crippen LogP contribution in [0.5, 0.6) is 0 Å². The SMILES string of the molecule is CS(=O)(=O)N1CCN(CCn2c(=O)oc3cc(NC4CC5(CCNC5)C4)ccc32)CC1. The van der Waals surface area contributed by atoms with Crippen LogP contribution in [0.15, 0.2) is 27.4 Å². The molecule has 31 heavy (non-hydrogen) atoms. The minimum Gasteiger partial charge on any atom is -0.408 e. The van der Waals surface area contributed by atoms with E-state index < -0.39 is 10.0 Å². The Morgan fingerprint density at radius 1 is 1.19 bits per heavy atom. The highest BCUT2D eigenvalue weighted by molar-refractivity contribution is 7.88. The van der Waals surface area contributed by atoms with Crippen molar-refractivity contribution in [3.05, 3.63) is 28.7 Å². The van der Waals surface area contributed by atoms with Crippen LogP contribution in [0.25, 0.3) is 11.1 Å². The lowest BCUT2D eigenvalue weighted by Crippen LogP contribution is -2.49. The smallest absolute Gasteiger partial charge is 0.408 e. The van der Waals surface area contributed by atoms with Crippen LogP contribution >= 0.6 is 0 Å². The normalized spacial score (nSPS) is 27.7. The van der Waals surface area contributed by atoms with Crippen LogP contribution in [0, 0.1) is 5.41 Å². The summed E-state index contributed by atoms with van der Waals surface area (Å²) in [6.45, 7) is 5.80. The van der Waals surface area contributed by atoms with Crippen LogP contribution in [-0.2, 0) is 16.6 Å². The molecule has 0 amide bonds. The third kappa shape index (κ3) is 4.26. The van der Waals surface area contributed by atoms with Crippen molar-refractivity contribution >= 4 is 26.8 Å². The summed E-state index contributed by atoms with van der Waals surface area (Å²) in [6.07, 6.45) is 4.90. The van der Waals surface area contributed by atoms with Crippen molar-refractivity contribution in [2.75, 3.05) is 57.4 Å². The summed E-state index contributed by atoms with van der Waals surface area (Å²) in [5.74, 6) is -0.346. The number of fused-ring (bicyclic) bond motifs is 1. The molecule has 5 rings (SSSR count). The average molecular weight is 450 g/mol. The number of hydrogen-bond donors (Lipinski definition) is 2. The van der Waals surface area contributed by atoms with Crippen LogP contribution in [0.2, 0.25) is 0 Å².